The van der Waals surface area contributed by atoms with Crippen molar-refractivity contribution in [1.29, 1.82) is 0 Å². The maximum atomic E-state index is 6.39. The Labute approximate surface area is 91.6 Å². The van der Waals surface area contributed by atoms with Gasteiger partial charge >= 0.3 is 0 Å². The van der Waals surface area contributed by atoms with Crippen LogP contribution in [0, 0.1) is 5.41 Å². The van der Waals surface area contributed by atoms with Crippen LogP contribution in [0.3, 0.4) is 0 Å². The van der Waals surface area contributed by atoms with E-state index in [4.69, 9.17) is 5.40 Å². The zero-order chi connectivity index (χ0) is 11.4. The first kappa shape index (κ1) is 14.2. The van der Waals surface area contributed by atoms with Crippen molar-refractivity contribution >= 4 is 8.24 Å². The van der Waals surface area contributed by atoms with E-state index < -0.39 is 8.24 Å². The molecule has 0 saturated carbocycles. The fourth-order valence-corrected chi connectivity index (χ4v) is 5.70. The van der Waals surface area contributed by atoms with Gasteiger partial charge in [0.1, 0.15) is 8.24 Å². The van der Waals surface area contributed by atoms with E-state index in [0.29, 0.717) is 5.41 Å². The van der Waals surface area contributed by atoms with Gasteiger partial charge in [0.15, 0.2) is 0 Å². The van der Waals surface area contributed by atoms with Crippen LogP contribution in [0.25, 0.3) is 0 Å². The molecule has 0 amide bonds. The van der Waals surface area contributed by atoms with Gasteiger partial charge in [0.25, 0.3) is 0 Å². The molecule has 1 atom stereocenters. The molecule has 2 heteroatoms. The lowest BCUT2D eigenvalue weighted by atomic mass is 9.88. The number of hydrogen-bond acceptors (Lipinski definition) is 1. The predicted octanol–water partition coefficient (Wildman–Crippen LogP) is 4.15. The molecule has 0 spiro atoms. The number of nitrogens with two attached hydrogens (primary N) is 1. The maximum absolute atomic E-state index is 6.39. The van der Waals surface area contributed by atoms with Gasteiger partial charge in [-0.3, -0.25) is 0 Å². The molecule has 0 saturated heterocycles. The summed E-state index contributed by atoms with van der Waals surface area (Å²) in [5.74, 6) is 0. The van der Waals surface area contributed by atoms with Gasteiger partial charge in [0.2, 0.25) is 0 Å². The Bertz CT molecular complexity index is 139. The van der Waals surface area contributed by atoms with Gasteiger partial charge in [-0.1, -0.05) is 66.5 Å². The third-order valence-corrected chi connectivity index (χ3v) is 5.99. The van der Waals surface area contributed by atoms with Crippen molar-refractivity contribution in [3.05, 3.63) is 0 Å². The van der Waals surface area contributed by atoms with Gasteiger partial charge in [0.05, 0.1) is 0 Å². The summed E-state index contributed by atoms with van der Waals surface area (Å²) in [6.45, 7) is 13.9. The van der Waals surface area contributed by atoms with E-state index in [1.165, 1.54) is 25.7 Å². The van der Waals surface area contributed by atoms with Crippen LogP contribution in [0.5, 0.6) is 0 Å². The molecule has 0 aliphatic rings. The molecule has 0 bridgehead atoms. The largest absolute Gasteiger partial charge is 0.351 e. The average molecular weight is 215 g/mol. The summed E-state index contributed by atoms with van der Waals surface area (Å²) < 4.78 is 0. The highest BCUT2D eigenvalue weighted by molar-refractivity contribution is 6.75. The van der Waals surface area contributed by atoms with Crippen LogP contribution in [0.2, 0.25) is 18.6 Å². The van der Waals surface area contributed by atoms with Crippen molar-refractivity contribution in [3.63, 3.8) is 0 Å². The first-order chi connectivity index (χ1) is 6.19. The van der Waals surface area contributed by atoms with E-state index in [9.17, 15) is 0 Å². The summed E-state index contributed by atoms with van der Waals surface area (Å²) in [5.41, 5.74) is 1.14. The lowest BCUT2D eigenvalue weighted by Crippen LogP contribution is -2.48. The Balaban J connectivity index is 4.28. The molecule has 2 N–H and O–H groups in total. The van der Waals surface area contributed by atoms with Gasteiger partial charge in [0, 0.05) is 0 Å². The quantitative estimate of drug-likeness (QED) is 0.541. The van der Waals surface area contributed by atoms with E-state index in [1.54, 1.807) is 0 Å². The second-order valence-electron chi connectivity index (χ2n) is 6.24. The fourth-order valence-electron chi connectivity index (χ4n) is 2.52. The molecule has 0 aliphatic heterocycles. The standard InChI is InChI=1S/C12H29NSi/c1-7-8-9-10-11(12(2,3)4)14(5,6)13/h11H,7-10,13H2,1-6H3. The first-order valence-corrected chi connectivity index (χ1v) is 9.14. The SMILES string of the molecule is CCCCCC(C(C)(C)C)[Si](C)(C)N. The zero-order valence-corrected chi connectivity index (χ0v) is 12.0. The highest BCUT2D eigenvalue weighted by atomic mass is 28.3. The zero-order valence-electron chi connectivity index (χ0n) is 11.0. The second-order valence-corrected chi connectivity index (χ2v) is 10.6. The van der Waals surface area contributed by atoms with Crippen LogP contribution in [0.15, 0.2) is 0 Å². The van der Waals surface area contributed by atoms with E-state index >= 15 is 0 Å². The molecule has 0 aromatic rings. The van der Waals surface area contributed by atoms with Crippen LogP contribution >= 0.6 is 0 Å². The Kier molecular flexibility index (Phi) is 5.38. The number of unbranched alkanes of at least 4 members (excludes halogenated alkanes) is 2. The molecule has 0 radical (unpaired) electrons. The molecule has 0 aromatic heterocycles. The average Bonchev–Trinajstić information content (AvgIpc) is 1.92. The summed E-state index contributed by atoms with van der Waals surface area (Å²) in [6.07, 6.45) is 5.35. The monoisotopic (exact) mass is 215 g/mol. The molecule has 1 nitrogen and oxygen atoms in total. The maximum Gasteiger partial charge on any atom is 0.120 e. The summed E-state index contributed by atoms with van der Waals surface area (Å²) >= 11 is 0. The van der Waals surface area contributed by atoms with Gasteiger partial charge in [-0.15, -0.1) is 0 Å². The molecule has 14 heavy (non-hydrogen) atoms. The normalized spacial score (nSPS) is 15.6. The lowest BCUT2D eigenvalue weighted by Gasteiger charge is -2.39. The molecule has 86 valence electrons. The smallest absolute Gasteiger partial charge is 0.120 e. The first-order valence-electron chi connectivity index (χ1n) is 5.98. The third-order valence-electron chi connectivity index (χ3n) is 3.04. The number of hydrogen-bond donors (Lipinski definition) is 1. The predicted molar refractivity (Wildman–Crippen MR) is 69.0 cm³/mol. The van der Waals surface area contributed by atoms with Crippen LogP contribution in [-0.2, 0) is 0 Å². The summed E-state index contributed by atoms with van der Waals surface area (Å²) in [5, 5.41) is 6.39. The Morgan fingerprint density at radius 3 is 1.93 bits per heavy atom. The number of rotatable bonds is 5. The van der Waals surface area contributed by atoms with Crippen molar-refractivity contribution in [3.8, 4) is 0 Å². The summed E-state index contributed by atoms with van der Waals surface area (Å²) in [4.78, 5) is 0. The lowest BCUT2D eigenvalue weighted by molar-refractivity contribution is 0.347. The molecule has 0 aliphatic carbocycles. The molecular formula is C12H29NSi. The molecule has 0 heterocycles. The Morgan fingerprint density at radius 1 is 1.14 bits per heavy atom. The summed E-state index contributed by atoms with van der Waals surface area (Å²) in [7, 11) is -1.47. The van der Waals surface area contributed by atoms with Crippen molar-refractivity contribution < 1.29 is 0 Å². The van der Waals surface area contributed by atoms with Crippen molar-refractivity contribution in [1.82, 2.24) is 0 Å². The van der Waals surface area contributed by atoms with Gasteiger partial charge in [-0.2, -0.15) is 0 Å². The van der Waals surface area contributed by atoms with E-state index in [0.717, 1.165) is 5.54 Å². The summed E-state index contributed by atoms with van der Waals surface area (Å²) in [6, 6.07) is 0. The minimum absolute atomic E-state index is 0.387. The minimum atomic E-state index is -1.47. The Morgan fingerprint density at radius 2 is 1.64 bits per heavy atom. The fraction of sp³-hybridized carbons (Fsp3) is 1.00. The van der Waals surface area contributed by atoms with Crippen molar-refractivity contribution in [2.75, 3.05) is 0 Å². The molecule has 0 rings (SSSR count). The highest BCUT2D eigenvalue weighted by Crippen LogP contribution is 2.40. The van der Waals surface area contributed by atoms with Crippen LogP contribution in [0.4, 0.5) is 0 Å². The van der Waals surface area contributed by atoms with E-state index in [-0.39, 0.29) is 0 Å². The van der Waals surface area contributed by atoms with Crippen molar-refractivity contribution in [2.24, 2.45) is 10.8 Å². The van der Waals surface area contributed by atoms with Gasteiger partial charge in [-0.25, -0.2) is 0 Å². The minimum Gasteiger partial charge on any atom is -0.351 e. The topological polar surface area (TPSA) is 26.0 Å². The molecule has 1 unspecified atom stereocenters. The van der Waals surface area contributed by atoms with Gasteiger partial charge < -0.3 is 5.40 Å². The van der Waals surface area contributed by atoms with Crippen LogP contribution in [-0.4, -0.2) is 8.24 Å². The van der Waals surface area contributed by atoms with E-state index in [1.807, 2.05) is 0 Å². The van der Waals surface area contributed by atoms with Crippen molar-refractivity contribution in [2.45, 2.75) is 72.0 Å². The van der Waals surface area contributed by atoms with E-state index in [2.05, 4.69) is 40.8 Å². The molecule has 0 fully saturated rings. The van der Waals surface area contributed by atoms with Crippen LogP contribution in [0.1, 0.15) is 53.4 Å². The Hall–Kier alpha value is 0.177. The highest BCUT2D eigenvalue weighted by Gasteiger charge is 2.36. The third kappa shape index (κ3) is 5.16. The molecular weight excluding hydrogens is 186 g/mol. The van der Waals surface area contributed by atoms with Crippen LogP contribution < -0.4 is 5.40 Å². The molecule has 0 aromatic carbocycles. The second kappa shape index (κ2) is 5.31. The van der Waals surface area contributed by atoms with Gasteiger partial charge in [-0.05, 0) is 11.0 Å².